The van der Waals surface area contributed by atoms with Crippen LogP contribution in [-0.4, -0.2) is 10.5 Å². The highest BCUT2D eigenvalue weighted by molar-refractivity contribution is 6.31. The number of nitrogens with zero attached hydrogens (tertiary/aromatic N) is 1. The Labute approximate surface area is 182 Å². The van der Waals surface area contributed by atoms with Crippen molar-refractivity contribution in [2.45, 2.75) is 32.9 Å². The fraction of sp³-hybridized carbons (Fsp3) is 0.192. The number of aryl methyl sites for hydroxylation is 2. The molecule has 0 saturated heterocycles. The van der Waals surface area contributed by atoms with Crippen molar-refractivity contribution < 1.29 is 4.79 Å². The summed E-state index contributed by atoms with van der Waals surface area (Å²) in [6.07, 6.45) is 3.32. The fourth-order valence-corrected chi connectivity index (χ4v) is 3.90. The molecule has 1 N–H and O–H groups in total. The summed E-state index contributed by atoms with van der Waals surface area (Å²) in [5.74, 6) is 0.0681. The van der Waals surface area contributed by atoms with Crippen LogP contribution in [0.5, 0.6) is 0 Å². The molecular formula is C26H25ClN2O. The number of benzene rings is 3. The SMILES string of the molecule is Cc1ccc(CNC(=O)CCc2cn(Cc3ccccc3Cl)c3ccccc23)cc1. The minimum atomic E-state index is 0.0681. The number of hydrogen-bond acceptors (Lipinski definition) is 1. The van der Waals surface area contributed by atoms with Gasteiger partial charge in [-0.25, -0.2) is 0 Å². The van der Waals surface area contributed by atoms with Gasteiger partial charge in [-0.2, -0.15) is 0 Å². The van der Waals surface area contributed by atoms with Crippen LogP contribution in [0.1, 0.15) is 28.7 Å². The Morgan fingerprint density at radius 3 is 2.47 bits per heavy atom. The zero-order chi connectivity index (χ0) is 20.9. The van der Waals surface area contributed by atoms with Gasteiger partial charge >= 0.3 is 0 Å². The fourth-order valence-electron chi connectivity index (χ4n) is 3.71. The lowest BCUT2D eigenvalue weighted by molar-refractivity contribution is -0.121. The van der Waals surface area contributed by atoms with Gasteiger partial charge in [0.15, 0.2) is 0 Å². The maximum Gasteiger partial charge on any atom is 0.220 e. The molecule has 0 unspecified atom stereocenters. The molecular weight excluding hydrogens is 392 g/mol. The van der Waals surface area contributed by atoms with E-state index < -0.39 is 0 Å². The molecule has 30 heavy (non-hydrogen) atoms. The second kappa shape index (κ2) is 9.19. The molecule has 152 valence electrons. The van der Waals surface area contributed by atoms with Gasteiger partial charge in [0.05, 0.1) is 0 Å². The van der Waals surface area contributed by atoms with Crippen LogP contribution in [-0.2, 0) is 24.3 Å². The van der Waals surface area contributed by atoms with E-state index in [9.17, 15) is 4.79 Å². The maximum atomic E-state index is 12.4. The zero-order valence-electron chi connectivity index (χ0n) is 17.1. The molecule has 0 aliphatic carbocycles. The molecule has 0 bridgehead atoms. The first-order valence-corrected chi connectivity index (χ1v) is 10.6. The third-order valence-electron chi connectivity index (χ3n) is 5.40. The van der Waals surface area contributed by atoms with Gasteiger partial charge in [0.25, 0.3) is 0 Å². The van der Waals surface area contributed by atoms with E-state index in [0.717, 1.165) is 21.7 Å². The topological polar surface area (TPSA) is 34.0 Å². The van der Waals surface area contributed by atoms with Crippen LogP contribution in [0.4, 0.5) is 0 Å². The Hall–Kier alpha value is -3.04. The normalized spacial score (nSPS) is 11.0. The van der Waals surface area contributed by atoms with E-state index in [-0.39, 0.29) is 5.91 Å². The van der Waals surface area contributed by atoms with Crippen LogP contribution in [0.25, 0.3) is 10.9 Å². The molecule has 3 nitrogen and oxygen atoms in total. The summed E-state index contributed by atoms with van der Waals surface area (Å²) in [5, 5.41) is 4.99. The summed E-state index contributed by atoms with van der Waals surface area (Å²) in [6.45, 7) is 3.33. The number of para-hydroxylation sites is 1. The van der Waals surface area contributed by atoms with Gasteiger partial charge in [-0.05, 0) is 42.2 Å². The lowest BCUT2D eigenvalue weighted by Crippen LogP contribution is -2.22. The largest absolute Gasteiger partial charge is 0.352 e. The number of hydrogen-bond donors (Lipinski definition) is 1. The average Bonchev–Trinajstić information content (AvgIpc) is 3.11. The second-order valence-electron chi connectivity index (χ2n) is 7.65. The van der Waals surface area contributed by atoms with Crippen molar-refractivity contribution >= 4 is 28.4 Å². The average molecular weight is 417 g/mol. The van der Waals surface area contributed by atoms with Crippen molar-refractivity contribution in [2.24, 2.45) is 0 Å². The van der Waals surface area contributed by atoms with Crippen molar-refractivity contribution in [1.82, 2.24) is 9.88 Å². The monoisotopic (exact) mass is 416 g/mol. The number of carbonyl (C=O) groups excluding carboxylic acids is 1. The first-order valence-electron chi connectivity index (χ1n) is 10.2. The van der Waals surface area contributed by atoms with Crippen LogP contribution < -0.4 is 5.32 Å². The molecule has 1 amide bonds. The molecule has 0 spiro atoms. The highest BCUT2D eigenvalue weighted by Gasteiger charge is 2.11. The smallest absolute Gasteiger partial charge is 0.220 e. The predicted octanol–water partition coefficient (Wildman–Crippen LogP) is 5.90. The predicted molar refractivity (Wildman–Crippen MR) is 124 cm³/mol. The van der Waals surface area contributed by atoms with Gasteiger partial charge in [-0.15, -0.1) is 0 Å². The van der Waals surface area contributed by atoms with Crippen LogP contribution in [0, 0.1) is 6.92 Å². The minimum absolute atomic E-state index is 0.0681. The maximum absolute atomic E-state index is 12.4. The number of carbonyl (C=O) groups is 1. The van der Waals surface area contributed by atoms with E-state index in [0.29, 0.717) is 25.9 Å². The lowest BCUT2D eigenvalue weighted by atomic mass is 10.1. The number of nitrogens with one attached hydrogen (secondary N) is 1. The Morgan fingerprint density at radius 1 is 0.933 bits per heavy atom. The quantitative estimate of drug-likeness (QED) is 0.399. The molecule has 0 aliphatic rings. The zero-order valence-corrected chi connectivity index (χ0v) is 17.8. The van der Waals surface area contributed by atoms with Gasteiger partial charge < -0.3 is 9.88 Å². The summed E-state index contributed by atoms with van der Waals surface area (Å²) in [5.41, 5.74) is 5.77. The minimum Gasteiger partial charge on any atom is -0.352 e. The molecule has 4 aromatic rings. The van der Waals surface area contributed by atoms with Gasteiger partial charge in [0, 0.05) is 41.6 Å². The van der Waals surface area contributed by atoms with Crippen molar-refractivity contribution in [3.63, 3.8) is 0 Å². The van der Waals surface area contributed by atoms with Crippen molar-refractivity contribution in [2.75, 3.05) is 0 Å². The van der Waals surface area contributed by atoms with Crippen molar-refractivity contribution in [1.29, 1.82) is 0 Å². The second-order valence-corrected chi connectivity index (χ2v) is 8.06. The molecule has 4 heteroatoms. The van der Waals surface area contributed by atoms with Crippen LogP contribution in [0.3, 0.4) is 0 Å². The summed E-state index contributed by atoms with van der Waals surface area (Å²) in [6, 6.07) is 24.5. The molecule has 4 rings (SSSR count). The van der Waals surface area contributed by atoms with Gasteiger partial charge in [-0.3, -0.25) is 4.79 Å². The number of amides is 1. The third-order valence-corrected chi connectivity index (χ3v) is 5.77. The van der Waals surface area contributed by atoms with Crippen LogP contribution >= 0.6 is 11.6 Å². The third kappa shape index (κ3) is 4.74. The van der Waals surface area contributed by atoms with Gasteiger partial charge in [-0.1, -0.05) is 77.8 Å². The van der Waals surface area contributed by atoms with E-state index in [1.54, 1.807) is 0 Å². The number of halogens is 1. The molecule has 3 aromatic carbocycles. The Kier molecular flexibility index (Phi) is 6.20. The standard InChI is InChI=1S/C26H25ClN2O/c1-19-10-12-20(13-11-19)16-28-26(30)15-14-21-17-29(25-9-5-3-7-23(21)25)18-22-6-2-4-8-24(22)27/h2-13,17H,14-16,18H2,1H3,(H,28,30). The number of rotatable bonds is 7. The Bertz CT molecular complexity index is 1160. The van der Waals surface area contributed by atoms with E-state index in [1.165, 1.54) is 16.5 Å². The highest BCUT2D eigenvalue weighted by atomic mass is 35.5. The molecule has 1 aromatic heterocycles. The Morgan fingerprint density at radius 2 is 1.67 bits per heavy atom. The first-order chi connectivity index (χ1) is 14.6. The van der Waals surface area contributed by atoms with Gasteiger partial charge in [0.2, 0.25) is 5.91 Å². The molecule has 0 atom stereocenters. The molecule has 0 fully saturated rings. The summed E-state index contributed by atoms with van der Waals surface area (Å²) >= 11 is 6.36. The van der Waals surface area contributed by atoms with E-state index in [1.807, 2.05) is 30.3 Å². The number of fused-ring (bicyclic) bond motifs is 1. The summed E-state index contributed by atoms with van der Waals surface area (Å²) < 4.78 is 2.22. The van der Waals surface area contributed by atoms with E-state index in [4.69, 9.17) is 11.6 Å². The highest BCUT2D eigenvalue weighted by Crippen LogP contribution is 2.25. The van der Waals surface area contributed by atoms with E-state index >= 15 is 0 Å². The van der Waals surface area contributed by atoms with Crippen LogP contribution in [0.2, 0.25) is 5.02 Å². The molecule has 0 radical (unpaired) electrons. The number of aromatic nitrogens is 1. The van der Waals surface area contributed by atoms with Crippen LogP contribution in [0.15, 0.2) is 79.0 Å². The van der Waals surface area contributed by atoms with Crippen molar-refractivity contribution in [3.8, 4) is 0 Å². The molecule has 1 heterocycles. The molecule has 0 aliphatic heterocycles. The Balaban J connectivity index is 1.44. The first kappa shape index (κ1) is 20.2. The van der Waals surface area contributed by atoms with E-state index in [2.05, 4.69) is 65.5 Å². The van der Waals surface area contributed by atoms with Gasteiger partial charge in [0.1, 0.15) is 0 Å². The summed E-state index contributed by atoms with van der Waals surface area (Å²) in [7, 11) is 0. The molecule has 0 saturated carbocycles. The summed E-state index contributed by atoms with van der Waals surface area (Å²) in [4.78, 5) is 12.4. The lowest BCUT2D eigenvalue weighted by Gasteiger charge is -2.07. The van der Waals surface area contributed by atoms with Crippen molar-refractivity contribution in [3.05, 3.63) is 106 Å².